The lowest BCUT2D eigenvalue weighted by Gasteiger charge is -2.05. The molecule has 0 aliphatic heterocycles. The van der Waals surface area contributed by atoms with Gasteiger partial charge in [-0.2, -0.15) is 5.10 Å². The lowest BCUT2D eigenvalue weighted by atomic mass is 10.1. The third-order valence-electron chi connectivity index (χ3n) is 3.40. The van der Waals surface area contributed by atoms with Crippen molar-refractivity contribution in [1.82, 2.24) is 14.6 Å². The van der Waals surface area contributed by atoms with Crippen molar-refractivity contribution in [1.29, 1.82) is 0 Å². The highest BCUT2D eigenvalue weighted by molar-refractivity contribution is 7.20. The minimum Gasteiger partial charge on any atom is -0.496 e. The van der Waals surface area contributed by atoms with Gasteiger partial charge in [0.15, 0.2) is 5.01 Å². The summed E-state index contributed by atoms with van der Waals surface area (Å²) in [6.45, 7) is 0.428. The molecule has 0 bridgehead atoms. The maximum Gasteiger partial charge on any atom is 0.212 e. The first-order valence-electron chi connectivity index (χ1n) is 6.69. The van der Waals surface area contributed by atoms with Gasteiger partial charge in [-0.05, 0) is 18.2 Å². The van der Waals surface area contributed by atoms with Crippen molar-refractivity contribution in [3.8, 4) is 16.3 Å². The van der Waals surface area contributed by atoms with E-state index in [1.807, 2.05) is 24.4 Å². The summed E-state index contributed by atoms with van der Waals surface area (Å²) in [4.78, 5) is 5.09. The Labute approximate surface area is 129 Å². The van der Waals surface area contributed by atoms with Crippen LogP contribution in [0.3, 0.4) is 0 Å². The zero-order valence-electron chi connectivity index (χ0n) is 12.1. The van der Waals surface area contributed by atoms with Gasteiger partial charge >= 0.3 is 0 Å². The quantitative estimate of drug-likeness (QED) is 0.578. The van der Waals surface area contributed by atoms with E-state index >= 15 is 0 Å². The van der Waals surface area contributed by atoms with Crippen molar-refractivity contribution in [2.45, 2.75) is 6.61 Å². The Morgan fingerprint density at radius 2 is 2.23 bits per heavy atom. The van der Waals surface area contributed by atoms with Crippen LogP contribution in [-0.2, 0) is 11.3 Å². The van der Waals surface area contributed by atoms with E-state index in [2.05, 4.69) is 10.1 Å². The summed E-state index contributed by atoms with van der Waals surface area (Å²) in [7, 11) is 3.28. The van der Waals surface area contributed by atoms with Crippen LogP contribution >= 0.6 is 11.3 Å². The van der Waals surface area contributed by atoms with E-state index in [0.717, 1.165) is 38.0 Å². The molecular formula is C15H13N3O3S. The first-order valence-corrected chi connectivity index (χ1v) is 7.50. The van der Waals surface area contributed by atoms with Gasteiger partial charge in [-0.15, -0.1) is 0 Å². The molecule has 0 saturated heterocycles. The SMILES string of the molecule is COCc1cc2ccc(OC)c(-c3nn4ccnc4s3)c2o1. The monoisotopic (exact) mass is 315 g/mol. The molecule has 3 aromatic heterocycles. The first kappa shape index (κ1) is 13.3. The number of aromatic nitrogens is 3. The summed E-state index contributed by atoms with van der Waals surface area (Å²) in [5.41, 5.74) is 1.60. The van der Waals surface area contributed by atoms with Crippen LogP contribution in [0.2, 0.25) is 0 Å². The number of fused-ring (bicyclic) bond motifs is 2. The highest BCUT2D eigenvalue weighted by Gasteiger charge is 2.19. The molecule has 4 aromatic rings. The molecule has 0 aliphatic carbocycles. The maximum atomic E-state index is 5.94. The number of hydrogen-bond acceptors (Lipinski definition) is 6. The molecule has 0 atom stereocenters. The molecule has 1 aromatic carbocycles. The highest BCUT2D eigenvalue weighted by Crippen LogP contribution is 2.40. The van der Waals surface area contributed by atoms with Crippen molar-refractivity contribution in [3.05, 3.63) is 36.4 Å². The Bertz CT molecular complexity index is 925. The predicted octanol–water partition coefficient (Wildman–Crippen LogP) is 3.36. The van der Waals surface area contributed by atoms with E-state index in [9.17, 15) is 0 Å². The van der Waals surface area contributed by atoms with Gasteiger partial charge < -0.3 is 13.9 Å². The fraction of sp³-hybridized carbons (Fsp3) is 0.200. The lowest BCUT2D eigenvalue weighted by Crippen LogP contribution is -1.89. The van der Waals surface area contributed by atoms with Crippen LogP contribution in [-0.4, -0.2) is 28.8 Å². The molecule has 6 nitrogen and oxygen atoms in total. The number of rotatable bonds is 4. The van der Waals surface area contributed by atoms with Crippen molar-refractivity contribution < 1.29 is 13.9 Å². The molecule has 0 amide bonds. The average molecular weight is 315 g/mol. The van der Waals surface area contributed by atoms with Gasteiger partial charge in [0.1, 0.15) is 23.7 Å². The molecule has 3 heterocycles. The molecule has 22 heavy (non-hydrogen) atoms. The second-order valence-corrected chi connectivity index (χ2v) is 5.72. The summed E-state index contributed by atoms with van der Waals surface area (Å²) >= 11 is 1.49. The second kappa shape index (κ2) is 5.11. The normalized spacial score (nSPS) is 11.5. The van der Waals surface area contributed by atoms with Gasteiger partial charge in [0, 0.05) is 18.7 Å². The molecule has 0 fully saturated rings. The minimum absolute atomic E-state index is 0.428. The Balaban J connectivity index is 1.98. The number of imidazole rings is 1. The van der Waals surface area contributed by atoms with Crippen molar-refractivity contribution in [2.24, 2.45) is 0 Å². The summed E-state index contributed by atoms with van der Waals surface area (Å²) < 4.78 is 18.3. The molecule has 4 rings (SSSR count). The molecular weight excluding hydrogens is 302 g/mol. The fourth-order valence-electron chi connectivity index (χ4n) is 2.46. The number of ether oxygens (including phenoxy) is 2. The molecule has 0 radical (unpaired) electrons. The fourth-order valence-corrected chi connectivity index (χ4v) is 3.37. The zero-order valence-corrected chi connectivity index (χ0v) is 12.9. The molecule has 0 N–H and O–H groups in total. The predicted molar refractivity (Wildman–Crippen MR) is 83.3 cm³/mol. The maximum absolute atomic E-state index is 5.94. The topological polar surface area (TPSA) is 61.8 Å². The lowest BCUT2D eigenvalue weighted by molar-refractivity contribution is 0.166. The van der Waals surface area contributed by atoms with Crippen LogP contribution in [0.1, 0.15) is 5.76 Å². The van der Waals surface area contributed by atoms with Crippen LogP contribution in [0.4, 0.5) is 0 Å². The van der Waals surface area contributed by atoms with Gasteiger partial charge in [0.25, 0.3) is 0 Å². The number of hydrogen-bond donors (Lipinski definition) is 0. The third kappa shape index (κ3) is 1.98. The number of nitrogens with zero attached hydrogens (tertiary/aromatic N) is 3. The van der Waals surface area contributed by atoms with E-state index < -0.39 is 0 Å². The van der Waals surface area contributed by atoms with Crippen LogP contribution in [0.5, 0.6) is 5.75 Å². The van der Waals surface area contributed by atoms with E-state index in [0.29, 0.717) is 6.61 Å². The number of methoxy groups -OCH3 is 2. The Morgan fingerprint density at radius 3 is 3.00 bits per heavy atom. The molecule has 0 saturated carbocycles. The van der Waals surface area contributed by atoms with E-state index in [4.69, 9.17) is 13.9 Å². The molecule has 112 valence electrons. The van der Waals surface area contributed by atoms with Crippen molar-refractivity contribution in [3.63, 3.8) is 0 Å². The Morgan fingerprint density at radius 1 is 1.32 bits per heavy atom. The summed E-state index contributed by atoms with van der Waals surface area (Å²) in [6, 6.07) is 5.87. The van der Waals surface area contributed by atoms with Gasteiger partial charge in [-0.25, -0.2) is 9.50 Å². The average Bonchev–Trinajstić information content (AvgIpc) is 3.19. The summed E-state index contributed by atoms with van der Waals surface area (Å²) in [5.74, 6) is 1.50. The largest absolute Gasteiger partial charge is 0.496 e. The number of furan rings is 1. The number of benzene rings is 1. The van der Waals surface area contributed by atoms with Gasteiger partial charge in [0.05, 0.1) is 18.9 Å². The van der Waals surface area contributed by atoms with Gasteiger partial charge in [0.2, 0.25) is 4.96 Å². The van der Waals surface area contributed by atoms with Crippen LogP contribution in [0.15, 0.2) is 35.0 Å². The van der Waals surface area contributed by atoms with Crippen LogP contribution in [0.25, 0.3) is 26.5 Å². The van der Waals surface area contributed by atoms with Gasteiger partial charge in [-0.3, -0.25) is 0 Å². The second-order valence-electron chi connectivity index (χ2n) is 4.77. The van der Waals surface area contributed by atoms with E-state index in [-0.39, 0.29) is 0 Å². The van der Waals surface area contributed by atoms with Gasteiger partial charge in [-0.1, -0.05) is 11.3 Å². The van der Waals surface area contributed by atoms with Crippen LogP contribution < -0.4 is 4.74 Å². The highest BCUT2D eigenvalue weighted by atomic mass is 32.1. The van der Waals surface area contributed by atoms with Crippen molar-refractivity contribution >= 4 is 27.3 Å². The summed E-state index contributed by atoms with van der Waals surface area (Å²) in [5, 5.41) is 6.36. The Kier molecular flexibility index (Phi) is 3.09. The zero-order chi connectivity index (χ0) is 15.1. The standard InChI is InChI=1S/C15H13N3O3S/c1-19-8-10-7-9-3-4-11(20-2)12(13(9)21-10)14-17-18-6-5-16-15(18)22-14/h3-7H,8H2,1-2H3. The molecule has 0 unspecified atom stereocenters. The van der Waals surface area contributed by atoms with E-state index in [1.165, 1.54) is 11.3 Å². The van der Waals surface area contributed by atoms with E-state index in [1.54, 1.807) is 24.9 Å². The smallest absolute Gasteiger partial charge is 0.212 e. The molecule has 7 heteroatoms. The summed E-state index contributed by atoms with van der Waals surface area (Å²) in [6.07, 6.45) is 3.55. The van der Waals surface area contributed by atoms with Crippen molar-refractivity contribution in [2.75, 3.05) is 14.2 Å². The minimum atomic E-state index is 0.428. The third-order valence-corrected chi connectivity index (χ3v) is 4.35. The van der Waals surface area contributed by atoms with Crippen LogP contribution in [0, 0.1) is 0 Å². The Hall–Kier alpha value is -2.38. The molecule has 0 spiro atoms. The molecule has 0 aliphatic rings. The first-order chi connectivity index (χ1) is 10.8.